The summed E-state index contributed by atoms with van der Waals surface area (Å²) in [5.74, 6) is 0.464. The van der Waals surface area contributed by atoms with E-state index in [-0.39, 0.29) is 23.1 Å². The summed E-state index contributed by atoms with van der Waals surface area (Å²) in [6.45, 7) is 2.39. The molecule has 1 N–H and O–H groups in total. The quantitative estimate of drug-likeness (QED) is 0.864. The number of rotatable bonds is 4. The summed E-state index contributed by atoms with van der Waals surface area (Å²) in [4.78, 5) is 28.3. The molecule has 1 atom stereocenters. The van der Waals surface area contributed by atoms with Crippen molar-refractivity contribution in [2.75, 3.05) is 33.4 Å². The largest absolute Gasteiger partial charge is 0.496 e. The van der Waals surface area contributed by atoms with Crippen LogP contribution in [0.5, 0.6) is 5.75 Å². The number of para-hydroxylation sites is 1. The van der Waals surface area contributed by atoms with E-state index in [0.717, 1.165) is 25.7 Å². The summed E-state index contributed by atoms with van der Waals surface area (Å²) in [6.07, 6.45) is 6.16. The first-order chi connectivity index (χ1) is 13.6. The highest BCUT2D eigenvalue weighted by molar-refractivity contribution is 5.97. The highest BCUT2D eigenvalue weighted by Crippen LogP contribution is 2.45. The number of likely N-dealkylation sites (tertiary alicyclic amines) is 1. The van der Waals surface area contributed by atoms with E-state index < -0.39 is 0 Å². The van der Waals surface area contributed by atoms with E-state index in [1.165, 1.54) is 12.8 Å². The summed E-state index contributed by atoms with van der Waals surface area (Å²) in [5.41, 5.74) is 0.377. The second kappa shape index (κ2) is 8.11. The molecule has 2 aliphatic heterocycles. The Morgan fingerprint density at radius 1 is 1.18 bits per heavy atom. The molecule has 1 saturated carbocycles. The van der Waals surface area contributed by atoms with Gasteiger partial charge in [-0.2, -0.15) is 0 Å². The number of methoxy groups -OCH3 is 1. The van der Waals surface area contributed by atoms with Crippen LogP contribution in [0, 0.1) is 11.3 Å². The Balaban J connectivity index is 1.55. The van der Waals surface area contributed by atoms with E-state index in [1.807, 2.05) is 17.0 Å². The molecular formula is C22H30N2O4. The molecule has 1 unspecified atom stereocenters. The van der Waals surface area contributed by atoms with Gasteiger partial charge in [-0.1, -0.05) is 25.0 Å². The van der Waals surface area contributed by atoms with Crippen molar-refractivity contribution in [3.8, 4) is 5.75 Å². The Morgan fingerprint density at radius 3 is 2.61 bits per heavy atom. The summed E-state index contributed by atoms with van der Waals surface area (Å²) in [5, 5.41) is 3.27. The van der Waals surface area contributed by atoms with Crippen LogP contribution in [0.3, 0.4) is 0 Å². The van der Waals surface area contributed by atoms with Crippen molar-refractivity contribution >= 4 is 11.8 Å². The maximum atomic E-state index is 13.2. The predicted molar refractivity (Wildman–Crippen MR) is 105 cm³/mol. The molecule has 0 bridgehead atoms. The van der Waals surface area contributed by atoms with Gasteiger partial charge >= 0.3 is 0 Å². The van der Waals surface area contributed by atoms with Crippen LogP contribution in [0.15, 0.2) is 24.3 Å². The van der Waals surface area contributed by atoms with Gasteiger partial charge in [-0.15, -0.1) is 0 Å². The standard InChI is InChI=1S/C22H30N2O4/c1-27-19-9-5-4-8-17(19)21(26)24-14-18(20(25)23-16-6-2-3-7-16)22(15-24)10-12-28-13-11-22/h4-5,8-9,16,18H,2-3,6-7,10-15H2,1H3,(H,23,25). The Hall–Kier alpha value is -2.08. The molecule has 3 fully saturated rings. The minimum atomic E-state index is -0.182. The number of hydrogen-bond acceptors (Lipinski definition) is 4. The number of carbonyl (C=O) groups excluding carboxylic acids is 2. The number of benzene rings is 1. The first kappa shape index (κ1) is 19.2. The lowest BCUT2D eigenvalue weighted by Crippen LogP contribution is -2.46. The Morgan fingerprint density at radius 2 is 1.89 bits per heavy atom. The monoisotopic (exact) mass is 386 g/mol. The fourth-order valence-corrected chi connectivity index (χ4v) is 5.13. The molecule has 152 valence electrons. The van der Waals surface area contributed by atoms with Gasteiger partial charge in [-0.3, -0.25) is 9.59 Å². The van der Waals surface area contributed by atoms with Crippen molar-refractivity contribution in [3.05, 3.63) is 29.8 Å². The molecule has 6 heteroatoms. The van der Waals surface area contributed by atoms with E-state index in [4.69, 9.17) is 9.47 Å². The third-order valence-electron chi connectivity index (χ3n) is 6.78. The normalized spacial score (nSPS) is 24.5. The molecule has 4 rings (SSSR count). The molecule has 2 heterocycles. The first-order valence-electron chi connectivity index (χ1n) is 10.4. The third-order valence-corrected chi connectivity index (χ3v) is 6.78. The van der Waals surface area contributed by atoms with Crippen LogP contribution in [0.25, 0.3) is 0 Å². The Bertz CT molecular complexity index is 723. The lowest BCUT2D eigenvalue weighted by molar-refractivity contribution is -0.130. The Kier molecular flexibility index (Phi) is 5.58. The van der Waals surface area contributed by atoms with Gasteiger partial charge < -0.3 is 19.7 Å². The van der Waals surface area contributed by atoms with Crippen LogP contribution in [-0.2, 0) is 9.53 Å². The molecule has 2 saturated heterocycles. The van der Waals surface area contributed by atoms with E-state index >= 15 is 0 Å². The lowest BCUT2D eigenvalue weighted by Gasteiger charge is -2.37. The molecular weight excluding hydrogens is 356 g/mol. The zero-order chi connectivity index (χ0) is 19.6. The average Bonchev–Trinajstić information content (AvgIpc) is 3.36. The van der Waals surface area contributed by atoms with Crippen molar-refractivity contribution in [2.24, 2.45) is 11.3 Å². The second-order valence-electron chi connectivity index (χ2n) is 8.40. The van der Waals surface area contributed by atoms with Gasteiger partial charge in [-0.05, 0) is 37.8 Å². The lowest BCUT2D eigenvalue weighted by atomic mass is 9.71. The van der Waals surface area contributed by atoms with Crippen molar-refractivity contribution in [2.45, 2.75) is 44.6 Å². The topological polar surface area (TPSA) is 67.9 Å². The van der Waals surface area contributed by atoms with Crippen LogP contribution in [0.4, 0.5) is 0 Å². The number of nitrogens with one attached hydrogen (secondary N) is 1. The number of carbonyl (C=O) groups is 2. The molecule has 1 aromatic carbocycles. The van der Waals surface area contributed by atoms with Gasteiger partial charge in [0.1, 0.15) is 5.75 Å². The molecule has 28 heavy (non-hydrogen) atoms. The second-order valence-corrected chi connectivity index (χ2v) is 8.40. The van der Waals surface area contributed by atoms with Crippen LogP contribution in [-0.4, -0.2) is 56.2 Å². The average molecular weight is 386 g/mol. The zero-order valence-corrected chi connectivity index (χ0v) is 16.6. The van der Waals surface area contributed by atoms with E-state index in [2.05, 4.69) is 5.32 Å². The van der Waals surface area contributed by atoms with Crippen molar-refractivity contribution in [1.82, 2.24) is 10.2 Å². The van der Waals surface area contributed by atoms with Crippen LogP contribution >= 0.6 is 0 Å². The van der Waals surface area contributed by atoms with Crippen LogP contribution < -0.4 is 10.1 Å². The minimum absolute atomic E-state index is 0.0560. The highest BCUT2D eigenvalue weighted by atomic mass is 16.5. The van der Waals surface area contributed by atoms with Crippen molar-refractivity contribution in [3.63, 3.8) is 0 Å². The number of hydrogen-bond donors (Lipinski definition) is 1. The Labute approximate surface area is 166 Å². The third kappa shape index (κ3) is 3.62. The SMILES string of the molecule is COc1ccccc1C(=O)N1CC(C(=O)NC2CCCC2)C2(CCOCC2)C1. The molecule has 2 amide bonds. The summed E-state index contributed by atoms with van der Waals surface area (Å²) in [6, 6.07) is 7.60. The smallest absolute Gasteiger partial charge is 0.257 e. The maximum Gasteiger partial charge on any atom is 0.257 e. The predicted octanol–water partition coefficient (Wildman–Crippen LogP) is 2.62. The van der Waals surface area contributed by atoms with Gasteiger partial charge in [0.25, 0.3) is 5.91 Å². The highest BCUT2D eigenvalue weighted by Gasteiger charge is 2.52. The van der Waals surface area contributed by atoms with Gasteiger partial charge in [0.05, 0.1) is 18.6 Å². The van der Waals surface area contributed by atoms with E-state index in [9.17, 15) is 9.59 Å². The number of ether oxygens (including phenoxy) is 2. The molecule has 0 aromatic heterocycles. The van der Waals surface area contributed by atoms with Crippen molar-refractivity contribution in [1.29, 1.82) is 0 Å². The fraction of sp³-hybridized carbons (Fsp3) is 0.636. The van der Waals surface area contributed by atoms with Gasteiger partial charge in [0, 0.05) is 37.8 Å². The summed E-state index contributed by atoms with van der Waals surface area (Å²) < 4.78 is 11.0. The number of nitrogens with zero attached hydrogens (tertiary/aromatic N) is 1. The van der Waals surface area contributed by atoms with E-state index in [0.29, 0.717) is 43.7 Å². The van der Waals surface area contributed by atoms with Crippen LogP contribution in [0.1, 0.15) is 48.9 Å². The molecule has 3 aliphatic rings. The maximum absolute atomic E-state index is 13.2. The van der Waals surface area contributed by atoms with Gasteiger partial charge in [0.2, 0.25) is 5.91 Å². The molecule has 0 radical (unpaired) electrons. The van der Waals surface area contributed by atoms with Crippen molar-refractivity contribution < 1.29 is 19.1 Å². The summed E-state index contributed by atoms with van der Waals surface area (Å²) >= 11 is 0. The molecule has 6 nitrogen and oxygen atoms in total. The zero-order valence-electron chi connectivity index (χ0n) is 16.6. The number of amides is 2. The van der Waals surface area contributed by atoms with E-state index in [1.54, 1.807) is 19.2 Å². The molecule has 1 spiro atoms. The molecule has 1 aliphatic carbocycles. The molecule has 1 aromatic rings. The summed E-state index contributed by atoms with van der Waals surface area (Å²) in [7, 11) is 1.58. The first-order valence-corrected chi connectivity index (χ1v) is 10.4. The van der Waals surface area contributed by atoms with Gasteiger partial charge in [0.15, 0.2) is 0 Å². The van der Waals surface area contributed by atoms with Gasteiger partial charge in [-0.25, -0.2) is 0 Å². The minimum Gasteiger partial charge on any atom is -0.496 e. The van der Waals surface area contributed by atoms with Crippen LogP contribution in [0.2, 0.25) is 0 Å². The fourth-order valence-electron chi connectivity index (χ4n) is 5.13.